The Morgan fingerprint density at radius 2 is 2.07 bits per heavy atom. The summed E-state index contributed by atoms with van der Waals surface area (Å²) in [6.07, 6.45) is 5.50. The third-order valence-corrected chi connectivity index (χ3v) is 3.15. The van der Waals surface area contributed by atoms with Crippen LogP contribution in [0.15, 0.2) is 40.9 Å². The fourth-order valence-corrected chi connectivity index (χ4v) is 2.61. The number of hydrogen-bond donors (Lipinski definition) is 0. The Bertz CT molecular complexity index is 538. The van der Waals surface area contributed by atoms with E-state index in [0.717, 1.165) is 10.9 Å². The minimum atomic E-state index is 1.06. The molecular formula is C13H9Br. The predicted molar refractivity (Wildman–Crippen MR) is 64.4 cm³/mol. The molecule has 2 aromatic rings. The number of allylic oxidation sites excluding steroid dienone is 1. The van der Waals surface area contributed by atoms with Crippen LogP contribution in [0.25, 0.3) is 16.8 Å². The zero-order valence-corrected chi connectivity index (χ0v) is 9.21. The lowest BCUT2D eigenvalue weighted by Crippen LogP contribution is -1.92. The van der Waals surface area contributed by atoms with Gasteiger partial charge in [-0.1, -0.05) is 46.3 Å². The monoisotopic (exact) mass is 244 g/mol. The van der Waals surface area contributed by atoms with Gasteiger partial charge in [0.15, 0.2) is 0 Å². The van der Waals surface area contributed by atoms with Crippen LogP contribution in [0.3, 0.4) is 0 Å². The number of benzene rings is 2. The third-order valence-electron chi connectivity index (χ3n) is 2.69. The van der Waals surface area contributed by atoms with Gasteiger partial charge in [0.05, 0.1) is 0 Å². The molecule has 2 aromatic carbocycles. The van der Waals surface area contributed by atoms with Crippen LogP contribution < -0.4 is 0 Å². The van der Waals surface area contributed by atoms with Crippen molar-refractivity contribution in [1.82, 2.24) is 0 Å². The molecule has 0 spiro atoms. The van der Waals surface area contributed by atoms with Crippen molar-refractivity contribution in [3.63, 3.8) is 0 Å². The summed E-state index contributed by atoms with van der Waals surface area (Å²) in [6, 6.07) is 10.9. The largest absolute Gasteiger partial charge is 0.0795 e. The summed E-state index contributed by atoms with van der Waals surface area (Å²) < 4.78 is 1.16. The topological polar surface area (TPSA) is 0 Å². The van der Waals surface area contributed by atoms with Gasteiger partial charge in [-0.3, -0.25) is 0 Å². The second-order valence-corrected chi connectivity index (χ2v) is 4.53. The summed E-state index contributed by atoms with van der Waals surface area (Å²) in [5, 5.41) is 2.74. The van der Waals surface area contributed by atoms with E-state index in [1.165, 1.54) is 21.9 Å². The molecule has 1 heteroatoms. The van der Waals surface area contributed by atoms with Gasteiger partial charge in [-0.05, 0) is 40.5 Å². The third kappa shape index (κ3) is 1.12. The summed E-state index contributed by atoms with van der Waals surface area (Å²) in [5.74, 6) is 0. The molecule has 0 N–H and O–H groups in total. The van der Waals surface area contributed by atoms with Crippen LogP contribution in [0.1, 0.15) is 11.1 Å². The highest BCUT2D eigenvalue weighted by Crippen LogP contribution is 2.31. The SMILES string of the molecule is Brc1cc2c3c(cccc3c1)CC=C2. The summed E-state index contributed by atoms with van der Waals surface area (Å²) in [7, 11) is 0. The van der Waals surface area contributed by atoms with E-state index in [9.17, 15) is 0 Å². The molecule has 0 bridgehead atoms. The highest BCUT2D eigenvalue weighted by Gasteiger charge is 2.08. The van der Waals surface area contributed by atoms with Crippen LogP contribution in [-0.2, 0) is 6.42 Å². The minimum Gasteiger partial charge on any atom is -0.0795 e. The number of hydrogen-bond acceptors (Lipinski definition) is 0. The van der Waals surface area contributed by atoms with Gasteiger partial charge in [0.25, 0.3) is 0 Å². The van der Waals surface area contributed by atoms with Gasteiger partial charge < -0.3 is 0 Å². The smallest absolute Gasteiger partial charge is 0.0187 e. The average molecular weight is 245 g/mol. The van der Waals surface area contributed by atoms with Gasteiger partial charge in [0.2, 0.25) is 0 Å². The molecule has 1 aliphatic rings. The van der Waals surface area contributed by atoms with Crippen molar-refractivity contribution in [1.29, 1.82) is 0 Å². The van der Waals surface area contributed by atoms with E-state index in [4.69, 9.17) is 0 Å². The zero-order valence-electron chi connectivity index (χ0n) is 7.63. The molecule has 68 valence electrons. The molecule has 1 aliphatic carbocycles. The fourth-order valence-electron chi connectivity index (χ4n) is 2.12. The van der Waals surface area contributed by atoms with Gasteiger partial charge in [0, 0.05) is 4.47 Å². The first-order valence-corrected chi connectivity index (χ1v) is 5.51. The van der Waals surface area contributed by atoms with Crippen LogP contribution in [0.5, 0.6) is 0 Å². The van der Waals surface area contributed by atoms with Gasteiger partial charge in [0.1, 0.15) is 0 Å². The van der Waals surface area contributed by atoms with E-state index >= 15 is 0 Å². The van der Waals surface area contributed by atoms with Crippen LogP contribution in [0.2, 0.25) is 0 Å². The van der Waals surface area contributed by atoms with Crippen molar-refractivity contribution in [2.24, 2.45) is 0 Å². The molecule has 0 saturated heterocycles. The summed E-state index contributed by atoms with van der Waals surface area (Å²) in [6.45, 7) is 0. The molecule has 0 aromatic heterocycles. The van der Waals surface area contributed by atoms with Crippen molar-refractivity contribution in [3.8, 4) is 0 Å². The Balaban J connectivity index is 2.53. The van der Waals surface area contributed by atoms with Crippen molar-refractivity contribution < 1.29 is 0 Å². The van der Waals surface area contributed by atoms with Crippen LogP contribution in [0.4, 0.5) is 0 Å². The summed E-state index contributed by atoms with van der Waals surface area (Å²) in [5.41, 5.74) is 2.77. The van der Waals surface area contributed by atoms with Gasteiger partial charge >= 0.3 is 0 Å². The normalized spacial score (nSPS) is 13.5. The number of rotatable bonds is 0. The van der Waals surface area contributed by atoms with Gasteiger partial charge in [-0.15, -0.1) is 0 Å². The molecule has 0 atom stereocenters. The molecule has 0 heterocycles. The summed E-state index contributed by atoms with van der Waals surface area (Å²) in [4.78, 5) is 0. The second-order valence-electron chi connectivity index (χ2n) is 3.62. The Morgan fingerprint density at radius 3 is 3.00 bits per heavy atom. The maximum atomic E-state index is 3.54. The zero-order chi connectivity index (χ0) is 9.54. The Labute approximate surface area is 91.4 Å². The van der Waals surface area contributed by atoms with Crippen molar-refractivity contribution in [2.75, 3.05) is 0 Å². The second kappa shape index (κ2) is 2.96. The van der Waals surface area contributed by atoms with Gasteiger partial charge in [-0.25, -0.2) is 0 Å². The number of halogens is 1. The molecule has 0 aliphatic heterocycles. The quantitative estimate of drug-likeness (QED) is 0.653. The van der Waals surface area contributed by atoms with E-state index in [2.05, 4.69) is 58.4 Å². The lowest BCUT2D eigenvalue weighted by atomic mass is 9.93. The van der Waals surface area contributed by atoms with E-state index < -0.39 is 0 Å². The van der Waals surface area contributed by atoms with E-state index in [1.54, 1.807) is 0 Å². The molecule has 0 saturated carbocycles. The maximum Gasteiger partial charge on any atom is 0.0187 e. The van der Waals surface area contributed by atoms with Crippen LogP contribution in [0, 0.1) is 0 Å². The molecule has 0 amide bonds. The Morgan fingerprint density at radius 1 is 1.14 bits per heavy atom. The molecule has 3 rings (SSSR count). The van der Waals surface area contributed by atoms with Gasteiger partial charge in [-0.2, -0.15) is 0 Å². The first-order chi connectivity index (χ1) is 6.84. The molecule has 14 heavy (non-hydrogen) atoms. The highest BCUT2D eigenvalue weighted by molar-refractivity contribution is 9.10. The Kier molecular flexibility index (Phi) is 1.74. The first-order valence-electron chi connectivity index (χ1n) is 4.72. The first kappa shape index (κ1) is 8.25. The van der Waals surface area contributed by atoms with Crippen molar-refractivity contribution in [2.45, 2.75) is 6.42 Å². The van der Waals surface area contributed by atoms with E-state index in [0.29, 0.717) is 0 Å². The summed E-state index contributed by atoms with van der Waals surface area (Å²) >= 11 is 3.54. The molecular weight excluding hydrogens is 236 g/mol. The molecule has 0 fully saturated rings. The minimum absolute atomic E-state index is 1.06. The van der Waals surface area contributed by atoms with Crippen LogP contribution in [-0.4, -0.2) is 0 Å². The van der Waals surface area contributed by atoms with E-state index in [-0.39, 0.29) is 0 Å². The Hall–Kier alpha value is -1.08. The molecule has 0 unspecified atom stereocenters. The van der Waals surface area contributed by atoms with E-state index in [1.807, 2.05) is 0 Å². The molecule has 0 nitrogen and oxygen atoms in total. The van der Waals surface area contributed by atoms with Crippen molar-refractivity contribution >= 4 is 32.8 Å². The fraction of sp³-hybridized carbons (Fsp3) is 0.0769. The van der Waals surface area contributed by atoms with Crippen LogP contribution >= 0.6 is 15.9 Å². The average Bonchev–Trinajstić information content (AvgIpc) is 2.18. The van der Waals surface area contributed by atoms with Crippen molar-refractivity contribution in [3.05, 3.63) is 52.0 Å². The maximum absolute atomic E-state index is 3.54. The lowest BCUT2D eigenvalue weighted by molar-refractivity contribution is 1.29. The standard InChI is InChI=1S/C13H9Br/c14-12-7-10-5-1-3-9-4-2-6-11(8-12)13(9)10/h1-3,5-8H,4H2. The predicted octanol–water partition coefficient (Wildman–Crippen LogP) is 4.17. The lowest BCUT2D eigenvalue weighted by Gasteiger charge is -2.12. The highest BCUT2D eigenvalue weighted by atomic mass is 79.9. The molecule has 0 radical (unpaired) electrons.